The van der Waals surface area contributed by atoms with Gasteiger partial charge in [-0.05, 0) is 90.3 Å². The van der Waals surface area contributed by atoms with E-state index in [1.807, 2.05) is 54.9 Å². The van der Waals surface area contributed by atoms with Crippen LogP contribution in [0.4, 0.5) is 0 Å². The number of methoxy groups -OCH3 is 2. The van der Waals surface area contributed by atoms with Crippen LogP contribution < -0.4 is 34.2 Å². The van der Waals surface area contributed by atoms with Crippen molar-refractivity contribution < 1.29 is 52.8 Å². The zero-order valence-corrected chi connectivity index (χ0v) is 39.6. The van der Waals surface area contributed by atoms with E-state index in [4.69, 9.17) is 29.1 Å². The first-order chi connectivity index (χ1) is 29.6. The van der Waals surface area contributed by atoms with Gasteiger partial charge in [0.2, 0.25) is 0 Å². The Morgan fingerprint density at radius 1 is 0.778 bits per heavy atom. The fraction of sp³-hybridized carbons (Fsp3) is 0.375. The third-order valence-electron chi connectivity index (χ3n) is 10.1. The summed E-state index contributed by atoms with van der Waals surface area (Å²) in [5.74, 6) is 5.33. The average Bonchev–Trinajstić information content (AvgIpc) is 4.17. The van der Waals surface area contributed by atoms with Gasteiger partial charge in [0.25, 0.3) is 0 Å². The number of hydrogen-bond donors (Lipinski definition) is 3. The predicted molar refractivity (Wildman–Crippen MR) is 254 cm³/mol. The van der Waals surface area contributed by atoms with Crippen LogP contribution in [-0.4, -0.2) is 68.2 Å². The summed E-state index contributed by atoms with van der Waals surface area (Å²) >= 11 is 0. The van der Waals surface area contributed by atoms with Crippen molar-refractivity contribution in [1.82, 2.24) is 18.9 Å². The topological polar surface area (TPSA) is 164 Å². The molecule has 1 aliphatic rings. The third kappa shape index (κ3) is 15.1. The molecule has 3 aromatic carbocycles. The minimum absolute atomic E-state index is 0. The Bertz CT molecular complexity index is 2410. The summed E-state index contributed by atoms with van der Waals surface area (Å²) < 4.78 is 26.8. The van der Waals surface area contributed by atoms with Crippen molar-refractivity contribution in [1.29, 1.82) is 0 Å². The van der Waals surface area contributed by atoms with Crippen LogP contribution in [-0.2, 0) is 24.4 Å². The van der Waals surface area contributed by atoms with Crippen LogP contribution in [0.25, 0.3) is 44.0 Å². The number of hydrogen-bond acceptors (Lipinski definition) is 10. The predicted octanol–water partition coefficient (Wildman–Crippen LogP) is 8.54. The number of ketones is 1. The van der Waals surface area contributed by atoms with Gasteiger partial charge in [-0.15, -0.1) is 12.4 Å². The van der Waals surface area contributed by atoms with E-state index in [9.17, 15) is 4.79 Å². The minimum atomic E-state index is 0. The maximum atomic E-state index is 11.5. The molecular formula is C48H66ClLiN6O7. The first-order valence-electron chi connectivity index (χ1n) is 20.8. The van der Waals surface area contributed by atoms with Crippen molar-refractivity contribution in [2.75, 3.05) is 27.4 Å². The molecule has 63 heavy (non-hydrogen) atoms. The summed E-state index contributed by atoms with van der Waals surface area (Å²) in [7, 11) is 3.33. The van der Waals surface area contributed by atoms with Crippen LogP contribution in [0.1, 0.15) is 88.7 Å². The van der Waals surface area contributed by atoms with E-state index in [1.165, 1.54) is 24.8 Å². The summed E-state index contributed by atoms with van der Waals surface area (Å²) in [6, 6.07) is 20.1. The normalized spacial score (nSPS) is 11.5. The molecule has 4 aromatic heterocycles. The molecule has 1 fully saturated rings. The standard InChI is InChI=1S/C14H14N2O2.C13H16N2O2.C13H15NO.C4H8O.C4H9.ClH.Li.H3NO/c1-3-16-9-12(13-6-7-18-15-13)11-5-4-10(17-2)8-14(11)16;1-4-15-8-12(9(2)14-16)11-6-5-10(17-3)7-13(11)15;1-4-14-8-12(10(3)15)11-6-5-9(2)7-13(11)14;1-2-4-5-3-1;1-3-4-2;;;1-2/h4-9H,3H2,1-2H3;5-8,16H,4H2,1-3H3;5-8H,4H2,1-3H3;1-4H2;1,3-4H2,2H3;1H;;2H,1H2/q;;;;-1;;+1;/b;14-9+;;;;;;. The van der Waals surface area contributed by atoms with Crippen LogP contribution in [0, 0.1) is 13.8 Å². The van der Waals surface area contributed by atoms with Gasteiger partial charge >= 0.3 is 18.9 Å². The van der Waals surface area contributed by atoms with Gasteiger partial charge < -0.3 is 49.8 Å². The smallest absolute Gasteiger partial charge is 0.497 e. The third-order valence-corrected chi connectivity index (χ3v) is 10.1. The summed E-state index contributed by atoms with van der Waals surface area (Å²) in [6.45, 7) is 22.1. The summed E-state index contributed by atoms with van der Waals surface area (Å²) in [6.07, 6.45) is 12.5. The van der Waals surface area contributed by atoms with Crippen LogP contribution in [0.3, 0.4) is 0 Å². The maximum absolute atomic E-state index is 11.5. The van der Waals surface area contributed by atoms with Crippen molar-refractivity contribution >= 4 is 56.6 Å². The molecule has 0 aliphatic carbocycles. The van der Waals surface area contributed by atoms with Crippen LogP contribution in [0.15, 0.2) is 95.2 Å². The first-order valence-corrected chi connectivity index (χ1v) is 20.8. The molecule has 0 spiro atoms. The molecule has 1 aliphatic heterocycles. The van der Waals surface area contributed by atoms with Crippen molar-refractivity contribution in [3.63, 3.8) is 0 Å². The molecule has 5 heterocycles. The van der Waals surface area contributed by atoms with Gasteiger partial charge in [-0.1, -0.05) is 35.8 Å². The monoisotopic (exact) mass is 880 g/mol. The van der Waals surface area contributed by atoms with Gasteiger partial charge in [0, 0.05) is 108 Å². The molecule has 0 radical (unpaired) electrons. The number of aromatic nitrogens is 4. The van der Waals surface area contributed by atoms with E-state index >= 15 is 0 Å². The number of benzene rings is 3. The molecule has 7 aromatic rings. The maximum Gasteiger partial charge on any atom is 1.00 e. The summed E-state index contributed by atoms with van der Waals surface area (Å²) in [4.78, 5) is 11.5. The van der Waals surface area contributed by atoms with E-state index in [2.05, 4.69) is 95.8 Å². The Balaban J connectivity index is 0.000000417. The second kappa shape index (κ2) is 29.4. The molecule has 15 heteroatoms. The Morgan fingerprint density at radius 2 is 1.25 bits per heavy atom. The van der Waals surface area contributed by atoms with Crippen LogP contribution in [0.2, 0.25) is 0 Å². The van der Waals surface area contributed by atoms with E-state index in [0.29, 0.717) is 5.71 Å². The van der Waals surface area contributed by atoms with Gasteiger partial charge in [0.15, 0.2) is 5.78 Å². The van der Waals surface area contributed by atoms with Crippen LogP contribution >= 0.6 is 12.4 Å². The number of fused-ring (bicyclic) bond motifs is 3. The molecule has 0 amide bonds. The number of aryl methyl sites for hydroxylation is 4. The molecule has 4 N–H and O–H groups in total. The molecule has 338 valence electrons. The zero-order chi connectivity index (χ0) is 44.9. The summed E-state index contributed by atoms with van der Waals surface area (Å²) in [5.41, 5.74) is 8.96. The second-order valence-electron chi connectivity index (χ2n) is 14.1. The SMILES string of the molecule is C1CCOC1.CCn1cc(-c2ccon2)c2ccc(OC)cc21.CCn1cc(/C(C)=N/O)c2ccc(OC)cc21.CCn1cc(C(C)=O)c2ccc(C)cc21.Cl.NO.[CH2-]CCC.[Li+]. The largest absolute Gasteiger partial charge is 1.00 e. The molecule has 13 nitrogen and oxygen atoms in total. The molecule has 0 bridgehead atoms. The Kier molecular flexibility index (Phi) is 26.1. The van der Waals surface area contributed by atoms with Gasteiger partial charge in [-0.25, -0.2) is 5.90 Å². The van der Waals surface area contributed by atoms with Crippen molar-refractivity contribution in [3.8, 4) is 22.8 Å². The summed E-state index contributed by atoms with van der Waals surface area (Å²) in [5, 5.41) is 26.0. The zero-order valence-electron chi connectivity index (χ0n) is 38.8. The molecule has 0 atom stereocenters. The molecule has 0 saturated carbocycles. The van der Waals surface area contributed by atoms with E-state index in [0.717, 1.165) is 106 Å². The number of halogens is 1. The van der Waals surface area contributed by atoms with Crippen molar-refractivity contribution in [2.24, 2.45) is 11.1 Å². The fourth-order valence-electron chi connectivity index (χ4n) is 6.67. The van der Waals surface area contributed by atoms with Gasteiger partial charge in [-0.2, -0.15) is 6.42 Å². The number of nitrogens with zero attached hydrogens (tertiary/aromatic N) is 5. The van der Waals surface area contributed by atoms with Crippen molar-refractivity contribution in [3.05, 3.63) is 109 Å². The molecule has 0 unspecified atom stereocenters. The van der Waals surface area contributed by atoms with Gasteiger partial charge in [0.1, 0.15) is 23.5 Å². The second-order valence-corrected chi connectivity index (χ2v) is 14.1. The number of carbonyl (C=O) groups excluding carboxylic acids is 1. The number of nitrogens with two attached hydrogens (primary N) is 1. The number of ether oxygens (including phenoxy) is 3. The van der Waals surface area contributed by atoms with E-state index in [-0.39, 0.29) is 37.1 Å². The quantitative estimate of drug-likeness (QED) is 0.0322. The molecular weight excluding hydrogens is 815 g/mol. The van der Waals surface area contributed by atoms with Gasteiger partial charge in [0.05, 0.1) is 31.0 Å². The number of carbonyl (C=O) groups is 1. The average molecular weight is 881 g/mol. The molecule has 8 rings (SSSR count). The molecule has 1 saturated heterocycles. The van der Waals surface area contributed by atoms with E-state index in [1.54, 1.807) is 34.3 Å². The first kappa shape index (κ1) is 56.0. The Morgan fingerprint density at radius 3 is 1.70 bits per heavy atom. The van der Waals surface area contributed by atoms with Crippen molar-refractivity contribution in [2.45, 2.75) is 93.8 Å². The Hall–Kier alpha value is -5.00. The number of oxime groups is 1. The van der Waals surface area contributed by atoms with Gasteiger partial charge in [-0.3, -0.25) is 4.79 Å². The fourth-order valence-corrected chi connectivity index (χ4v) is 6.67. The Labute approximate surface area is 390 Å². The number of rotatable bonds is 9. The van der Waals surface area contributed by atoms with Crippen LogP contribution in [0.5, 0.6) is 11.5 Å². The number of unbranched alkanes of at least 4 members (excludes halogenated alkanes) is 1. The van der Waals surface area contributed by atoms with E-state index < -0.39 is 0 Å². The minimum Gasteiger partial charge on any atom is -0.497 e. The number of Topliss-reactive ketones (excluding diaryl/α,β-unsaturated/α-hetero) is 1.